The highest BCUT2D eigenvalue weighted by atomic mass is 32.1. The molecule has 1 aliphatic rings. The van der Waals surface area contributed by atoms with E-state index in [9.17, 15) is 9.59 Å². The van der Waals surface area contributed by atoms with E-state index in [4.69, 9.17) is 4.74 Å². The van der Waals surface area contributed by atoms with Crippen LogP contribution < -0.4 is 4.72 Å². The number of thiol groups is 1. The number of rotatable bonds is 1. The normalized spacial score (nSPS) is 16.9. The third-order valence-corrected chi connectivity index (χ3v) is 2.23. The fourth-order valence-electron chi connectivity index (χ4n) is 1.21. The van der Waals surface area contributed by atoms with Crippen molar-refractivity contribution >= 4 is 24.8 Å². The van der Waals surface area contributed by atoms with E-state index in [1.165, 1.54) is 4.90 Å². The van der Waals surface area contributed by atoms with Crippen LogP contribution in [0.1, 0.15) is 20.8 Å². The van der Waals surface area contributed by atoms with Crippen molar-refractivity contribution in [3.8, 4) is 0 Å². The molecule has 0 saturated carbocycles. The van der Waals surface area contributed by atoms with Crippen LogP contribution in [-0.4, -0.2) is 35.6 Å². The molecule has 0 aromatic carbocycles. The first-order valence-corrected chi connectivity index (χ1v) is 5.20. The molecule has 0 unspecified atom stereocenters. The van der Waals surface area contributed by atoms with Gasteiger partial charge in [0.05, 0.1) is 5.92 Å². The molecule has 0 bridgehead atoms. The van der Waals surface area contributed by atoms with Crippen LogP contribution in [-0.2, 0) is 9.53 Å². The molecule has 0 radical (unpaired) electrons. The Bertz CT molecular complexity index is 269. The Hall–Kier alpha value is -0.910. The first-order chi connectivity index (χ1) is 6.83. The van der Waals surface area contributed by atoms with E-state index >= 15 is 0 Å². The number of nitrogens with zero attached hydrogens (tertiary/aromatic N) is 1. The summed E-state index contributed by atoms with van der Waals surface area (Å²) >= 11 is 3.66. The Morgan fingerprint density at radius 1 is 1.40 bits per heavy atom. The van der Waals surface area contributed by atoms with Gasteiger partial charge in [-0.15, -0.1) is 0 Å². The van der Waals surface area contributed by atoms with Crippen LogP contribution in [0, 0.1) is 5.92 Å². The molecule has 1 heterocycles. The van der Waals surface area contributed by atoms with Gasteiger partial charge in [-0.3, -0.25) is 4.79 Å². The van der Waals surface area contributed by atoms with Crippen LogP contribution in [0.3, 0.4) is 0 Å². The summed E-state index contributed by atoms with van der Waals surface area (Å²) in [5, 5.41) is 0. The second-order valence-electron chi connectivity index (χ2n) is 4.56. The number of ether oxygens (including phenoxy) is 1. The lowest BCUT2D eigenvalue weighted by Crippen LogP contribution is -2.55. The molecule has 1 N–H and O–H groups in total. The zero-order valence-corrected chi connectivity index (χ0v) is 10.0. The van der Waals surface area contributed by atoms with Gasteiger partial charge in [0.2, 0.25) is 5.91 Å². The number of carbonyl (C=O) groups is 2. The van der Waals surface area contributed by atoms with E-state index in [1.54, 1.807) is 0 Å². The average Bonchev–Trinajstić information content (AvgIpc) is 1.97. The van der Waals surface area contributed by atoms with Gasteiger partial charge in [0, 0.05) is 13.1 Å². The molecule has 0 atom stereocenters. The van der Waals surface area contributed by atoms with E-state index in [0.717, 1.165) is 0 Å². The summed E-state index contributed by atoms with van der Waals surface area (Å²) in [6, 6.07) is 0. The highest BCUT2D eigenvalue weighted by Crippen LogP contribution is 2.19. The zero-order valence-electron chi connectivity index (χ0n) is 9.11. The highest BCUT2D eigenvalue weighted by molar-refractivity contribution is 7.78. The van der Waals surface area contributed by atoms with Crippen molar-refractivity contribution in [3.63, 3.8) is 0 Å². The lowest BCUT2D eigenvalue weighted by atomic mass is 10.0. The van der Waals surface area contributed by atoms with Crippen molar-refractivity contribution in [3.05, 3.63) is 0 Å². The minimum Gasteiger partial charge on any atom is -0.444 e. The molecule has 1 saturated heterocycles. The van der Waals surface area contributed by atoms with Gasteiger partial charge in [-0.25, -0.2) is 4.79 Å². The van der Waals surface area contributed by atoms with Gasteiger partial charge in [-0.1, -0.05) is 12.8 Å². The van der Waals surface area contributed by atoms with Gasteiger partial charge in [0.1, 0.15) is 5.60 Å². The van der Waals surface area contributed by atoms with E-state index < -0.39 is 5.60 Å². The number of nitrogens with one attached hydrogen (secondary N) is 1. The highest BCUT2D eigenvalue weighted by Gasteiger charge is 2.37. The molecule has 6 heteroatoms. The minimum atomic E-state index is -0.492. The maximum atomic E-state index is 11.5. The van der Waals surface area contributed by atoms with Crippen LogP contribution in [0.25, 0.3) is 0 Å². The van der Waals surface area contributed by atoms with Crippen LogP contribution in [0.5, 0.6) is 0 Å². The number of amides is 2. The second kappa shape index (κ2) is 4.30. The predicted octanol–water partition coefficient (Wildman–Crippen LogP) is 0.814. The molecular formula is C9H16N2O3S. The van der Waals surface area contributed by atoms with Gasteiger partial charge < -0.3 is 14.4 Å². The summed E-state index contributed by atoms with van der Waals surface area (Å²) in [6.45, 7) is 6.23. The number of hydrogen-bond donors (Lipinski definition) is 2. The van der Waals surface area contributed by atoms with E-state index in [1.807, 2.05) is 20.8 Å². The average molecular weight is 232 g/mol. The van der Waals surface area contributed by atoms with E-state index in [-0.39, 0.29) is 17.9 Å². The Morgan fingerprint density at radius 3 is 2.33 bits per heavy atom. The molecule has 15 heavy (non-hydrogen) atoms. The Balaban J connectivity index is 2.33. The van der Waals surface area contributed by atoms with Crippen molar-refractivity contribution in [1.82, 2.24) is 9.62 Å². The molecular weight excluding hydrogens is 216 g/mol. The van der Waals surface area contributed by atoms with Crippen molar-refractivity contribution in [2.24, 2.45) is 5.92 Å². The summed E-state index contributed by atoms with van der Waals surface area (Å²) in [6.07, 6.45) is -0.370. The van der Waals surface area contributed by atoms with Crippen molar-refractivity contribution in [2.45, 2.75) is 26.4 Å². The van der Waals surface area contributed by atoms with Gasteiger partial charge in [0.15, 0.2) is 0 Å². The lowest BCUT2D eigenvalue weighted by molar-refractivity contribution is -0.127. The molecule has 0 aromatic rings. The third kappa shape index (κ3) is 3.30. The van der Waals surface area contributed by atoms with Gasteiger partial charge in [0.25, 0.3) is 0 Å². The van der Waals surface area contributed by atoms with E-state index in [2.05, 4.69) is 17.5 Å². The van der Waals surface area contributed by atoms with Crippen molar-refractivity contribution in [1.29, 1.82) is 0 Å². The van der Waals surface area contributed by atoms with Gasteiger partial charge in [-0.05, 0) is 20.8 Å². The number of carbonyl (C=O) groups excluding carboxylic acids is 2. The topological polar surface area (TPSA) is 58.6 Å². The Morgan fingerprint density at radius 2 is 1.93 bits per heavy atom. The van der Waals surface area contributed by atoms with Gasteiger partial charge in [-0.2, -0.15) is 0 Å². The predicted molar refractivity (Wildman–Crippen MR) is 58.4 cm³/mol. The Labute approximate surface area is 94.7 Å². The van der Waals surface area contributed by atoms with E-state index in [0.29, 0.717) is 13.1 Å². The molecule has 0 aromatic heterocycles. The lowest BCUT2D eigenvalue weighted by Gasteiger charge is -2.38. The Kier molecular flexibility index (Phi) is 3.49. The maximum Gasteiger partial charge on any atom is 0.410 e. The molecule has 0 spiro atoms. The van der Waals surface area contributed by atoms with Crippen molar-refractivity contribution in [2.75, 3.05) is 13.1 Å². The summed E-state index contributed by atoms with van der Waals surface area (Å²) in [5.74, 6) is -0.312. The second-order valence-corrected chi connectivity index (χ2v) is 4.78. The maximum absolute atomic E-state index is 11.5. The summed E-state index contributed by atoms with van der Waals surface area (Å²) in [4.78, 5) is 24.0. The largest absolute Gasteiger partial charge is 0.444 e. The number of likely N-dealkylation sites (tertiary alicyclic amines) is 1. The summed E-state index contributed by atoms with van der Waals surface area (Å²) < 4.78 is 7.39. The van der Waals surface area contributed by atoms with Crippen molar-refractivity contribution < 1.29 is 14.3 Å². The van der Waals surface area contributed by atoms with Crippen LogP contribution in [0.15, 0.2) is 0 Å². The van der Waals surface area contributed by atoms with Crippen LogP contribution in [0.2, 0.25) is 0 Å². The summed E-state index contributed by atoms with van der Waals surface area (Å²) in [7, 11) is 0. The molecule has 2 amide bonds. The number of hydrogen-bond acceptors (Lipinski definition) is 4. The molecule has 1 rings (SSSR count). The monoisotopic (exact) mass is 232 g/mol. The van der Waals surface area contributed by atoms with Crippen LogP contribution in [0.4, 0.5) is 4.79 Å². The first-order valence-electron chi connectivity index (χ1n) is 4.75. The molecule has 5 nitrogen and oxygen atoms in total. The molecule has 1 aliphatic heterocycles. The fourth-order valence-corrected chi connectivity index (χ4v) is 1.39. The van der Waals surface area contributed by atoms with Gasteiger partial charge >= 0.3 is 6.09 Å². The molecule has 86 valence electrons. The summed E-state index contributed by atoms with van der Waals surface area (Å²) in [5.41, 5.74) is -0.492. The van der Waals surface area contributed by atoms with Crippen LogP contribution >= 0.6 is 12.8 Å². The first kappa shape index (κ1) is 12.2. The quantitative estimate of drug-likeness (QED) is 0.658. The minimum absolute atomic E-state index is 0.154. The SMILES string of the molecule is CC(C)(C)OC(=O)N1CC(C(=O)NS)C1. The standard InChI is InChI=1S/C9H16N2O3S/c1-9(2,3)14-8(13)11-4-6(5-11)7(12)10-15/h6,15H,4-5H2,1-3H3,(H,10,12). The smallest absolute Gasteiger partial charge is 0.410 e. The zero-order chi connectivity index (χ0) is 11.6. The molecule has 1 fully saturated rings. The third-order valence-electron chi connectivity index (χ3n) is 2.01. The molecule has 0 aliphatic carbocycles. The fraction of sp³-hybridized carbons (Fsp3) is 0.778.